The zero-order valence-corrected chi connectivity index (χ0v) is 17.5. The minimum absolute atomic E-state index is 0.159. The first-order valence-electron chi connectivity index (χ1n) is 8.62. The minimum Gasteiger partial charge on any atom is -0.466 e. The Balaban J connectivity index is 0.000000436. The summed E-state index contributed by atoms with van der Waals surface area (Å²) in [5, 5.41) is 3.93. The van der Waals surface area contributed by atoms with Crippen molar-refractivity contribution in [2.75, 3.05) is 24.3 Å². The summed E-state index contributed by atoms with van der Waals surface area (Å²) in [6.07, 6.45) is 4.18. The molecular formula is C19H22Cl2N4O4. The van der Waals surface area contributed by atoms with Gasteiger partial charge in [0, 0.05) is 18.6 Å². The standard InChI is InChI=1S/C14H17ClN2O4.C5H5ClN2/c1-3-20-13(18)7-10(14(19)21-4-2)8-16-12-6-5-11(15)9-17-12;6-4-1-2-5(7)8-3-4/h5-6,8-9H,3-4,7H2,1-2H3,(H,16,17);1-3H,(H2,7,8)/b10-8-;. The van der Waals surface area contributed by atoms with Gasteiger partial charge in [0.25, 0.3) is 0 Å². The Labute approximate surface area is 179 Å². The van der Waals surface area contributed by atoms with E-state index in [2.05, 4.69) is 15.3 Å². The maximum atomic E-state index is 11.8. The number of halogens is 2. The van der Waals surface area contributed by atoms with E-state index in [0.29, 0.717) is 21.7 Å². The Kier molecular flexibility index (Phi) is 11.1. The summed E-state index contributed by atoms with van der Waals surface area (Å²) in [4.78, 5) is 31.0. The summed E-state index contributed by atoms with van der Waals surface area (Å²) < 4.78 is 9.71. The molecule has 0 unspecified atom stereocenters. The van der Waals surface area contributed by atoms with E-state index in [4.69, 9.17) is 38.4 Å². The number of carbonyl (C=O) groups excluding carboxylic acids is 2. The summed E-state index contributed by atoms with van der Waals surface area (Å²) in [7, 11) is 0. The molecule has 0 bridgehead atoms. The van der Waals surface area contributed by atoms with Gasteiger partial charge in [-0.3, -0.25) is 4.79 Å². The zero-order valence-electron chi connectivity index (χ0n) is 16.0. The van der Waals surface area contributed by atoms with Gasteiger partial charge in [-0.1, -0.05) is 23.2 Å². The molecule has 29 heavy (non-hydrogen) atoms. The fraction of sp³-hybridized carbons (Fsp3) is 0.263. The number of nitrogens with zero attached hydrogens (tertiary/aromatic N) is 2. The van der Waals surface area contributed by atoms with Crippen LogP contribution in [-0.4, -0.2) is 35.1 Å². The maximum absolute atomic E-state index is 11.8. The van der Waals surface area contributed by atoms with Gasteiger partial charge in [0.15, 0.2) is 0 Å². The zero-order chi connectivity index (χ0) is 21.6. The summed E-state index contributed by atoms with van der Waals surface area (Å²) in [5.41, 5.74) is 5.42. The smallest absolute Gasteiger partial charge is 0.336 e. The normalized spacial score (nSPS) is 10.4. The molecule has 0 aromatic carbocycles. The lowest BCUT2D eigenvalue weighted by Gasteiger charge is -2.08. The lowest BCUT2D eigenvalue weighted by Crippen LogP contribution is -2.15. The average Bonchev–Trinajstić information content (AvgIpc) is 2.69. The Morgan fingerprint density at radius 2 is 1.66 bits per heavy atom. The number of pyridine rings is 2. The monoisotopic (exact) mass is 440 g/mol. The molecule has 2 heterocycles. The first kappa shape index (κ1) is 24.2. The largest absolute Gasteiger partial charge is 0.466 e. The third kappa shape index (κ3) is 10.3. The molecule has 10 heteroatoms. The maximum Gasteiger partial charge on any atom is 0.336 e. The highest BCUT2D eigenvalue weighted by Gasteiger charge is 2.16. The summed E-state index contributed by atoms with van der Waals surface area (Å²) in [6, 6.07) is 6.65. The van der Waals surface area contributed by atoms with E-state index >= 15 is 0 Å². The van der Waals surface area contributed by atoms with Gasteiger partial charge in [-0.2, -0.15) is 0 Å². The highest BCUT2D eigenvalue weighted by Crippen LogP contribution is 2.12. The Bertz CT molecular complexity index is 791. The van der Waals surface area contributed by atoms with Crippen LogP contribution in [0.25, 0.3) is 0 Å². The summed E-state index contributed by atoms with van der Waals surface area (Å²) in [5.74, 6) is -0.0888. The van der Waals surface area contributed by atoms with E-state index in [9.17, 15) is 9.59 Å². The quantitative estimate of drug-likeness (QED) is 0.492. The van der Waals surface area contributed by atoms with Crippen LogP contribution >= 0.6 is 23.2 Å². The number of ether oxygens (including phenoxy) is 2. The number of hydrogen-bond donors (Lipinski definition) is 2. The Morgan fingerprint density at radius 3 is 2.14 bits per heavy atom. The predicted molar refractivity (Wildman–Crippen MR) is 112 cm³/mol. The van der Waals surface area contributed by atoms with Crippen molar-refractivity contribution in [3.8, 4) is 0 Å². The molecule has 0 spiro atoms. The van der Waals surface area contributed by atoms with E-state index < -0.39 is 11.9 Å². The van der Waals surface area contributed by atoms with Crippen LogP contribution in [-0.2, 0) is 19.1 Å². The van der Waals surface area contributed by atoms with Crippen LogP contribution in [0.5, 0.6) is 0 Å². The highest BCUT2D eigenvalue weighted by atomic mass is 35.5. The second-order valence-corrected chi connectivity index (χ2v) is 6.15. The molecule has 0 aliphatic rings. The van der Waals surface area contributed by atoms with Crippen molar-refractivity contribution in [2.24, 2.45) is 0 Å². The van der Waals surface area contributed by atoms with Crippen LogP contribution in [0, 0.1) is 0 Å². The van der Waals surface area contributed by atoms with Crippen LogP contribution in [0.15, 0.2) is 48.4 Å². The van der Waals surface area contributed by atoms with Gasteiger partial charge in [0.05, 0.1) is 35.3 Å². The molecule has 0 saturated heterocycles. The van der Waals surface area contributed by atoms with E-state index in [-0.39, 0.29) is 25.2 Å². The number of esters is 2. The molecule has 0 saturated carbocycles. The van der Waals surface area contributed by atoms with Gasteiger partial charge >= 0.3 is 11.9 Å². The van der Waals surface area contributed by atoms with Crippen LogP contribution in [0.3, 0.4) is 0 Å². The second-order valence-electron chi connectivity index (χ2n) is 5.28. The molecule has 0 atom stereocenters. The van der Waals surface area contributed by atoms with Gasteiger partial charge in [-0.05, 0) is 38.1 Å². The Morgan fingerprint density at radius 1 is 1.03 bits per heavy atom. The molecule has 0 fully saturated rings. The van der Waals surface area contributed by atoms with Gasteiger partial charge in [-0.25, -0.2) is 14.8 Å². The summed E-state index contributed by atoms with van der Waals surface area (Å²) >= 11 is 11.2. The molecular weight excluding hydrogens is 419 g/mol. The van der Waals surface area contributed by atoms with Gasteiger partial charge in [0.2, 0.25) is 0 Å². The number of nitrogens with two attached hydrogens (primary N) is 1. The third-order valence-electron chi connectivity index (χ3n) is 3.05. The molecule has 2 rings (SSSR count). The SMILES string of the molecule is CCOC(=O)C/C(=C/Nc1ccc(Cl)cn1)C(=O)OCC.Nc1ccc(Cl)cn1. The minimum atomic E-state index is -0.577. The van der Waals surface area contributed by atoms with Gasteiger partial charge in [-0.15, -0.1) is 0 Å². The van der Waals surface area contributed by atoms with E-state index in [1.807, 2.05) is 0 Å². The number of anilines is 2. The van der Waals surface area contributed by atoms with Crippen LogP contribution in [0.2, 0.25) is 10.0 Å². The molecule has 2 aromatic heterocycles. The van der Waals surface area contributed by atoms with Crippen molar-refractivity contribution in [1.29, 1.82) is 0 Å². The van der Waals surface area contributed by atoms with Crippen molar-refractivity contribution in [3.63, 3.8) is 0 Å². The van der Waals surface area contributed by atoms with Crippen molar-refractivity contribution in [3.05, 3.63) is 58.5 Å². The van der Waals surface area contributed by atoms with Gasteiger partial charge < -0.3 is 20.5 Å². The summed E-state index contributed by atoms with van der Waals surface area (Å²) in [6.45, 7) is 3.86. The fourth-order valence-electron chi connectivity index (χ4n) is 1.78. The number of nitrogen functional groups attached to an aromatic ring is 1. The van der Waals surface area contributed by atoms with Crippen LogP contribution < -0.4 is 11.1 Å². The molecule has 3 N–H and O–H groups in total. The molecule has 0 radical (unpaired) electrons. The van der Waals surface area contributed by atoms with Crippen molar-refractivity contribution in [1.82, 2.24) is 9.97 Å². The third-order valence-corrected chi connectivity index (χ3v) is 3.50. The first-order chi connectivity index (χ1) is 13.8. The average molecular weight is 441 g/mol. The number of carbonyl (C=O) groups is 2. The number of rotatable bonds is 7. The van der Waals surface area contributed by atoms with Crippen molar-refractivity contribution < 1.29 is 19.1 Å². The predicted octanol–water partition coefficient (Wildman–Crippen LogP) is 3.86. The molecule has 0 amide bonds. The highest BCUT2D eigenvalue weighted by molar-refractivity contribution is 6.30. The van der Waals surface area contributed by atoms with Gasteiger partial charge in [0.1, 0.15) is 11.6 Å². The van der Waals surface area contributed by atoms with Crippen LogP contribution in [0.4, 0.5) is 11.6 Å². The van der Waals surface area contributed by atoms with E-state index in [1.165, 1.54) is 18.6 Å². The molecule has 2 aromatic rings. The molecule has 156 valence electrons. The van der Waals surface area contributed by atoms with Crippen molar-refractivity contribution >= 4 is 46.8 Å². The van der Waals surface area contributed by atoms with E-state index in [0.717, 1.165) is 0 Å². The lowest BCUT2D eigenvalue weighted by atomic mass is 10.2. The van der Waals surface area contributed by atoms with Crippen LogP contribution in [0.1, 0.15) is 20.3 Å². The second kappa shape index (κ2) is 13.4. The first-order valence-corrected chi connectivity index (χ1v) is 9.38. The molecule has 0 aliphatic heterocycles. The van der Waals surface area contributed by atoms with Crippen molar-refractivity contribution in [2.45, 2.75) is 20.3 Å². The molecule has 8 nitrogen and oxygen atoms in total. The topological polar surface area (TPSA) is 116 Å². The lowest BCUT2D eigenvalue weighted by molar-refractivity contribution is -0.145. The number of nitrogens with one attached hydrogen (secondary N) is 1. The van der Waals surface area contributed by atoms with E-state index in [1.54, 1.807) is 38.1 Å². The fourth-order valence-corrected chi connectivity index (χ4v) is 2.01. The Hall–Kier alpha value is -2.84. The molecule has 0 aliphatic carbocycles. The number of aromatic nitrogens is 2. The number of hydrogen-bond acceptors (Lipinski definition) is 8.